The first kappa shape index (κ1) is 15.2. The molecule has 0 bridgehead atoms. The molecule has 0 unspecified atom stereocenters. The van der Waals surface area contributed by atoms with Crippen molar-refractivity contribution in [3.63, 3.8) is 0 Å². The first-order chi connectivity index (χ1) is 9.79. The Hall–Kier alpha value is -1.19. The number of hydroxylamine groups is 1. The van der Waals surface area contributed by atoms with Gasteiger partial charge < -0.3 is 0 Å². The van der Waals surface area contributed by atoms with Crippen molar-refractivity contribution < 1.29 is 9.63 Å². The molecule has 1 N–H and O–H groups in total. The van der Waals surface area contributed by atoms with E-state index in [4.69, 9.17) is 4.84 Å². The lowest BCUT2D eigenvalue weighted by atomic mass is 9.83. The zero-order valence-electron chi connectivity index (χ0n) is 12.3. The largest absolute Gasteiger partial charge is 0.299 e. The van der Waals surface area contributed by atoms with Gasteiger partial charge in [0.05, 0.1) is 6.61 Å². The second-order valence-electron chi connectivity index (χ2n) is 5.66. The molecule has 3 nitrogen and oxygen atoms in total. The molecular weight excluding hydrogens is 250 g/mol. The van der Waals surface area contributed by atoms with Crippen molar-refractivity contribution in [2.75, 3.05) is 0 Å². The molecule has 20 heavy (non-hydrogen) atoms. The Morgan fingerprint density at radius 2 is 1.90 bits per heavy atom. The van der Waals surface area contributed by atoms with E-state index in [1.165, 1.54) is 5.56 Å². The second kappa shape index (κ2) is 8.18. The molecule has 0 radical (unpaired) electrons. The molecule has 110 valence electrons. The Balaban J connectivity index is 1.63. The number of hydrogen-bond acceptors (Lipinski definition) is 3. The normalized spacial score (nSPS) is 22.6. The van der Waals surface area contributed by atoms with E-state index in [-0.39, 0.29) is 0 Å². The Labute approximate surface area is 121 Å². The van der Waals surface area contributed by atoms with Crippen LogP contribution in [0.4, 0.5) is 0 Å². The maximum atomic E-state index is 11.9. The quantitative estimate of drug-likeness (QED) is 0.772. The van der Waals surface area contributed by atoms with Crippen LogP contribution in [0.25, 0.3) is 0 Å². The number of hydrogen-bond donors (Lipinski definition) is 1. The van der Waals surface area contributed by atoms with Crippen molar-refractivity contribution in [1.82, 2.24) is 5.48 Å². The molecule has 1 saturated carbocycles. The first-order valence-corrected chi connectivity index (χ1v) is 7.73. The van der Waals surface area contributed by atoms with Crippen LogP contribution in [0.5, 0.6) is 0 Å². The summed E-state index contributed by atoms with van der Waals surface area (Å²) >= 11 is 0. The van der Waals surface area contributed by atoms with Gasteiger partial charge in [0.25, 0.3) is 0 Å². The van der Waals surface area contributed by atoms with E-state index in [0.29, 0.717) is 24.3 Å². The molecule has 1 fully saturated rings. The van der Waals surface area contributed by atoms with Crippen LogP contribution in [0.3, 0.4) is 0 Å². The van der Waals surface area contributed by atoms with Gasteiger partial charge in [0.1, 0.15) is 5.78 Å². The van der Waals surface area contributed by atoms with Crippen LogP contribution in [0.15, 0.2) is 30.3 Å². The molecule has 0 aromatic heterocycles. The minimum atomic E-state index is 0.294. The molecule has 3 heteroatoms. The highest BCUT2D eigenvalue weighted by Crippen LogP contribution is 2.26. The predicted octanol–water partition coefficient (Wildman–Crippen LogP) is 3.64. The van der Waals surface area contributed by atoms with Gasteiger partial charge in [-0.2, -0.15) is 5.48 Å². The Morgan fingerprint density at radius 3 is 2.55 bits per heavy atom. The second-order valence-corrected chi connectivity index (χ2v) is 5.66. The van der Waals surface area contributed by atoms with Gasteiger partial charge in [0, 0.05) is 18.4 Å². The summed E-state index contributed by atoms with van der Waals surface area (Å²) in [6.07, 6.45) is 5.80. The first-order valence-electron chi connectivity index (χ1n) is 7.73. The van der Waals surface area contributed by atoms with Crippen molar-refractivity contribution in [1.29, 1.82) is 0 Å². The summed E-state index contributed by atoms with van der Waals surface area (Å²) in [6, 6.07) is 10.5. The van der Waals surface area contributed by atoms with E-state index < -0.39 is 0 Å². The fraction of sp³-hybridized carbons (Fsp3) is 0.588. The zero-order valence-corrected chi connectivity index (χ0v) is 12.3. The van der Waals surface area contributed by atoms with Crippen LogP contribution in [0.2, 0.25) is 0 Å². The highest BCUT2D eigenvalue weighted by molar-refractivity contribution is 5.80. The lowest BCUT2D eigenvalue weighted by Crippen LogP contribution is -2.34. The number of benzene rings is 1. The van der Waals surface area contributed by atoms with Crippen molar-refractivity contribution in [2.24, 2.45) is 5.92 Å². The average Bonchev–Trinajstić information content (AvgIpc) is 2.49. The predicted molar refractivity (Wildman–Crippen MR) is 80.0 cm³/mol. The number of ketones is 1. The Bertz CT molecular complexity index is 397. The van der Waals surface area contributed by atoms with Gasteiger partial charge in [-0.05, 0) is 37.7 Å². The summed E-state index contributed by atoms with van der Waals surface area (Å²) in [5.41, 5.74) is 4.32. The number of Topliss-reactive ketones (excluding diaryl/α,β-unsaturated/α-hetero) is 1. The summed E-state index contributed by atoms with van der Waals surface area (Å²) in [4.78, 5) is 17.4. The fourth-order valence-electron chi connectivity index (χ4n) is 2.80. The molecule has 1 aromatic rings. The lowest BCUT2D eigenvalue weighted by Gasteiger charge is -2.28. The van der Waals surface area contributed by atoms with Gasteiger partial charge in [-0.3, -0.25) is 9.63 Å². The third kappa shape index (κ3) is 4.73. The maximum Gasteiger partial charge on any atom is 0.135 e. The minimum Gasteiger partial charge on any atom is -0.299 e. The number of rotatable bonds is 7. The lowest BCUT2D eigenvalue weighted by molar-refractivity contribution is -0.124. The zero-order chi connectivity index (χ0) is 14.2. The molecule has 1 aromatic carbocycles. The topological polar surface area (TPSA) is 38.3 Å². The molecule has 2 rings (SSSR count). The van der Waals surface area contributed by atoms with Crippen LogP contribution >= 0.6 is 0 Å². The summed E-state index contributed by atoms with van der Waals surface area (Å²) in [6.45, 7) is 2.66. The summed E-state index contributed by atoms with van der Waals surface area (Å²) in [7, 11) is 0. The van der Waals surface area contributed by atoms with E-state index >= 15 is 0 Å². The van der Waals surface area contributed by atoms with E-state index in [0.717, 1.165) is 38.5 Å². The van der Waals surface area contributed by atoms with Crippen LogP contribution in [0, 0.1) is 5.92 Å². The van der Waals surface area contributed by atoms with E-state index in [1.54, 1.807) is 0 Å². The van der Waals surface area contributed by atoms with Crippen LogP contribution < -0.4 is 5.48 Å². The highest BCUT2D eigenvalue weighted by atomic mass is 16.6. The highest BCUT2D eigenvalue weighted by Gasteiger charge is 2.25. The molecule has 0 aliphatic heterocycles. The SMILES string of the molecule is CCCC(=O)C1CCC(NOCc2ccccc2)CC1. The minimum absolute atomic E-state index is 0.294. The monoisotopic (exact) mass is 275 g/mol. The van der Waals surface area contributed by atoms with E-state index in [1.807, 2.05) is 18.2 Å². The number of nitrogens with one attached hydrogen (secondary N) is 1. The standard InChI is InChI=1S/C17H25NO2/c1-2-6-17(19)15-9-11-16(12-10-15)18-20-13-14-7-4-3-5-8-14/h3-5,7-8,15-16,18H,2,6,9-13H2,1H3. The summed E-state index contributed by atoms with van der Waals surface area (Å²) < 4.78 is 0. The molecule has 1 aliphatic carbocycles. The maximum absolute atomic E-state index is 11.9. The number of carbonyl (C=O) groups is 1. The van der Waals surface area contributed by atoms with Gasteiger partial charge in [-0.25, -0.2) is 0 Å². The fourth-order valence-corrected chi connectivity index (χ4v) is 2.80. The average molecular weight is 275 g/mol. The van der Waals surface area contributed by atoms with Crippen molar-refractivity contribution >= 4 is 5.78 Å². The van der Waals surface area contributed by atoms with Crippen LogP contribution in [-0.4, -0.2) is 11.8 Å². The Kier molecular flexibility index (Phi) is 6.22. The molecule has 0 heterocycles. The third-order valence-electron chi connectivity index (χ3n) is 4.01. The van der Waals surface area contributed by atoms with Crippen molar-refractivity contribution in [2.45, 2.75) is 58.1 Å². The third-order valence-corrected chi connectivity index (χ3v) is 4.01. The molecule has 0 atom stereocenters. The van der Waals surface area contributed by atoms with Gasteiger partial charge in [-0.1, -0.05) is 37.3 Å². The van der Waals surface area contributed by atoms with Crippen molar-refractivity contribution in [3.8, 4) is 0 Å². The van der Waals surface area contributed by atoms with E-state index in [2.05, 4.69) is 24.5 Å². The molecule has 0 saturated heterocycles. The van der Waals surface area contributed by atoms with Gasteiger partial charge >= 0.3 is 0 Å². The summed E-state index contributed by atoms with van der Waals surface area (Å²) in [5.74, 6) is 0.748. The summed E-state index contributed by atoms with van der Waals surface area (Å²) in [5, 5.41) is 0. The van der Waals surface area contributed by atoms with Gasteiger partial charge in [-0.15, -0.1) is 0 Å². The Morgan fingerprint density at radius 1 is 1.20 bits per heavy atom. The molecule has 1 aliphatic rings. The van der Waals surface area contributed by atoms with Gasteiger partial charge in [0.15, 0.2) is 0 Å². The van der Waals surface area contributed by atoms with Crippen LogP contribution in [-0.2, 0) is 16.2 Å². The molecule has 0 amide bonds. The van der Waals surface area contributed by atoms with E-state index in [9.17, 15) is 4.79 Å². The van der Waals surface area contributed by atoms with Crippen molar-refractivity contribution in [3.05, 3.63) is 35.9 Å². The smallest absolute Gasteiger partial charge is 0.135 e. The van der Waals surface area contributed by atoms with Gasteiger partial charge in [0.2, 0.25) is 0 Å². The molecule has 0 spiro atoms. The van der Waals surface area contributed by atoms with Crippen LogP contribution in [0.1, 0.15) is 51.0 Å². The number of carbonyl (C=O) groups excluding carboxylic acids is 1. The molecular formula is C17H25NO2.